The highest BCUT2D eigenvalue weighted by atomic mass is 16.5. The molecule has 0 bridgehead atoms. The fraction of sp³-hybridized carbons (Fsp3) is 0.526. The van der Waals surface area contributed by atoms with Crippen LogP contribution in [0.25, 0.3) is 22.6 Å². The van der Waals surface area contributed by atoms with Crippen molar-refractivity contribution in [3.8, 4) is 11.4 Å². The van der Waals surface area contributed by atoms with E-state index in [4.69, 9.17) is 9.72 Å². The van der Waals surface area contributed by atoms with Crippen molar-refractivity contribution in [2.24, 2.45) is 7.05 Å². The second kappa shape index (κ2) is 7.78. The Labute approximate surface area is 168 Å². The Bertz CT molecular complexity index is 1030. The van der Waals surface area contributed by atoms with Crippen molar-refractivity contribution >= 4 is 22.9 Å². The molecule has 1 N–H and O–H groups in total. The zero-order valence-corrected chi connectivity index (χ0v) is 17.2. The molecule has 0 unspecified atom stereocenters. The molecule has 0 radical (unpaired) electrons. The largest absolute Gasteiger partial charge is 0.378 e. The molecule has 10 heteroatoms. The minimum atomic E-state index is -0.429. The quantitative estimate of drug-likeness (QED) is 0.689. The molecule has 4 heterocycles. The van der Waals surface area contributed by atoms with Crippen LogP contribution in [0.2, 0.25) is 0 Å². The van der Waals surface area contributed by atoms with Crippen LogP contribution in [0, 0.1) is 6.92 Å². The number of rotatable bonds is 5. The number of fused-ring (bicyclic) bond motifs is 1. The lowest BCUT2D eigenvalue weighted by Crippen LogP contribution is -2.47. The van der Waals surface area contributed by atoms with Gasteiger partial charge in [-0.3, -0.25) is 9.48 Å². The van der Waals surface area contributed by atoms with E-state index in [-0.39, 0.29) is 5.91 Å². The third-order valence-electron chi connectivity index (χ3n) is 5.35. The van der Waals surface area contributed by atoms with Crippen LogP contribution in [0.15, 0.2) is 12.5 Å². The van der Waals surface area contributed by atoms with E-state index in [1.165, 1.54) is 6.33 Å². The number of amides is 1. The molecule has 3 aromatic heterocycles. The topological polar surface area (TPSA) is 103 Å². The zero-order valence-electron chi connectivity index (χ0n) is 17.2. The van der Waals surface area contributed by atoms with Crippen LogP contribution in [0.4, 0.5) is 5.82 Å². The molecule has 0 spiro atoms. The molecule has 10 nitrogen and oxygen atoms in total. The Morgan fingerprint density at radius 3 is 2.76 bits per heavy atom. The maximum atomic E-state index is 12.7. The minimum Gasteiger partial charge on any atom is -0.378 e. The molecule has 1 aliphatic rings. The van der Waals surface area contributed by atoms with Gasteiger partial charge in [-0.2, -0.15) is 5.10 Å². The number of nitrogens with one attached hydrogen (secondary N) is 1. The Morgan fingerprint density at radius 2 is 2.07 bits per heavy atom. The van der Waals surface area contributed by atoms with Crippen LogP contribution < -0.4 is 5.32 Å². The SMILES string of the molecule is CCn1ncc(-c2nc3c(N[C@@H](C)C(=O)N4CCOCC4)ncnc3n2C)c1C. The van der Waals surface area contributed by atoms with Gasteiger partial charge in [-0.05, 0) is 20.8 Å². The number of nitrogens with zero attached hydrogens (tertiary/aromatic N) is 7. The molecule has 1 fully saturated rings. The maximum absolute atomic E-state index is 12.7. The third-order valence-corrected chi connectivity index (χ3v) is 5.35. The Hall–Kier alpha value is -3.01. The summed E-state index contributed by atoms with van der Waals surface area (Å²) in [6.07, 6.45) is 3.32. The van der Waals surface area contributed by atoms with Crippen molar-refractivity contribution in [1.29, 1.82) is 0 Å². The Kier molecular flexibility index (Phi) is 5.18. The number of morpholine rings is 1. The molecule has 0 aliphatic carbocycles. The fourth-order valence-electron chi connectivity index (χ4n) is 3.65. The summed E-state index contributed by atoms with van der Waals surface area (Å²) in [6, 6.07) is -0.429. The molecule has 0 aromatic carbocycles. The number of imidazole rings is 1. The number of carbonyl (C=O) groups is 1. The van der Waals surface area contributed by atoms with Crippen LogP contribution in [0.3, 0.4) is 0 Å². The number of carbonyl (C=O) groups excluding carboxylic acids is 1. The first kappa shape index (κ1) is 19.3. The van der Waals surface area contributed by atoms with Gasteiger partial charge in [-0.25, -0.2) is 15.0 Å². The van der Waals surface area contributed by atoms with Crippen molar-refractivity contribution in [2.45, 2.75) is 33.4 Å². The molecule has 1 amide bonds. The summed E-state index contributed by atoms with van der Waals surface area (Å²) in [5.41, 5.74) is 3.34. The molecule has 1 atom stereocenters. The number of hydrogen-bond acceptors (Lipinski definition) is 7. The fourth-order valence-corrected chi connectivity index (χ4v) is 3.65. The molecule has 0 saturated carbocycles. The van der Waals surface area contributed by atoms with E-state index in [9.17, 15) is 4.79 Å². The minimum absolute atomic E-state index is 0.0243. The monoisotopic (exact) mass is 398 g/mol. The molecule has 154 valence electrons. The van der Waals surface area contributed by atoms with E-state index in [0.717, 1.165) is 23.6 Å². The lowest BCUT2D eigenvalue weighted by Gasteiger charge is -2.29. The summed E-state index contributed by atoms with van der Waals surface area (Å²) in [5.74, 6) is 1.34. The summed E-state index contributed by atoms with van der Waals surface area (Å²) < 4.78 is 9.19. The third kappa shape index (κ3) is 3.44. The smallest absolute Gasteiger partial charge is 0.244 e. The van der Waals surface area contributed by atoms with Crippen LogP contribution >= 0.6 is 0 Å². The van der Waals surface area contributed by atoms with E-state index in [0.29, 0.717) is 43.3 Å². The molecule has 29 heavy (non-hydrogen) atoms. The zero-order chi connectivity index (χ0) is 20.5. The van der Waals surface area contributed by atoms with Gasteiger partial charge in [0.15, 0.2) is 17.0 Å². The van der Waals surface area contributed by atoms with Gasteiger partial charge >= 0.3 is 0 Å². The van der Waals surface area contributed by atoms with Gasteiger partial charge in [0.2, 0.25) is 5.91 Å². The number of aromatic nitrogens is 6. The van der Waals surface area contributed by atoms with E-state index >= 15 is 0 Å². The second-order valence-corrected chi connectivity index (χ2v) is 7.15. The highest BCUT2D eigenvalue weighted by molar-refractivity contribution is 5.90. The average molecular weight is 398 g/mol. The first-order chi connectivity index (χ1) is 14.0. The first-order valence-corrected chi connectivity index (χ1v) is 9.84. The van der Waals surface area contributed by atoms with Crippen molar-refractivity contribution in [3.05, 3.63) is 18.2 Å². The first-order valence-electron chi connectivity index (χ1n) is 9.84. The number of ether oxygens (including phenoxy) is 1. The molecule has 3 aromatic rings. The van der Waals surface area contributed by atoms with Gasteiger partial charge in [0.05, 0.1) is 25.0 Å². The van der Waals surface area contributed by atoms with Crippen LogP contribution in [-0.4, -0.2) is 72.5 Å². The molecular formula is C19H26N8O2. The summed E-state index contributed by atoms with van der Waals surface area (Å²) in [6.45, 7) is 9.08. The van der Waals surface area contributed by atoms with Crippen LogP contribution in [0.1, 0.15) is 19.5 Å². The number of aryl methyl sites for hydroxylation is 2. The summed E-state index contributed by atoms with van der Waals surface area (Å²) in [5, 5.41) is 7.64. The standard InChI is InChI=1S/C19H26N8O2/c1-5-27-13(3)14(10-22-27)17-24-15-16(20-11-21-18(15)25(17)4)23-12(2)19(28)26-6-8-29-9-7-26/h10-12H,5-9H2,1-4H3,(H,20,21,23)/t12-/m0/s1. The van der Waals surface area contributed by atoms with E-state index in [1.54, 1.807) is 0 Å². The van der Waals surface area contributed by atoms with Crippen molar-refractivity contribution in [3.63, 3.8) is 0 Å². The predicted molar refractivity (Wildman–Crippen MR) is 108 cm³/mol. The van der Waals surface area contributed by atoms with Crippen LogP contribution in [0.5, 0.6) is 0 Å². The van der Waals surface area contributed by atoms with Gasteiger partial charge in [0, 0.05) is 32.4 Å². The summed E-state index contributed by atoms with van der Waals surface area (Å²) >= 11 is 0. The Morgan fingerprint density at radius 1 is 1.31 bits per heavy atom. The highest BCUT2D eigenvalue weighted by Crippen LogP contribution is 2.28. The molecule has 1 saturated heterocycles. The summed E-state index contributed by atoms with van der Waals surface area (Å²) in [4.78, 5) is 28.1. The highest BCUT2D eigenvalue weighted by Gasteiger charge is 2.24. The van der Waals surface area contributed by atoms with Gasteiger partial charge in [-0.15, -0.1) is 0 Å². The maximum Gasteiger partial charge on any atom is 0.244 e. The van der Waals surface area contributed by atoms with Crippen molar-refractivity contribution in [1.82, 2.24) is 34.2 Å². The summed E-state index contributed by atoms with van der Waals surface area (Å²) in [7, 11) is 1.92. The number of anilines is 1. The van der Waals surface area contributed by atoms with E-state index in [2.05, 4.69) is 27.3 Å². The molecule has 1 aliphatic heterocycles. The lowest BCUT2D eigenvalue weighted by atomic mass is 10.2. The van der Waals surface area contributed by atoms with Gasteiger partial charge in [-0.1, -0.05) is 0 Å². The molecule has 4 rings (SSSR count). The van der Waals surface area contributed by atoms with E-state index < -0.39 is 6.04 Å². The van der Waals surface area contributed by atoms with Gasteiger partial charge < -0.3 is 19.5 Å². The molecular weight excluding hydrogens is 372 g/mol. The second-order valence-electron chi connectivity index (χ2n) is 7.15. The average Bonchev–Trinajstić information content (AvgIpc) is 3.28. The lowest BCUT2D eigenvalue weighted by molar-refractivity contribution is -0.135. The van der Waals surface area contributed by atoms with Crippen molar-refractivity contribution in [2.75, 3.05) is 31.6 Å². The number of hydrogen-bond donors (Lipinski definition) is 1. The normalized spacial score (nSPS) is 15.7. The van der Waals surface area contributed by atoms with E-state index in [1.807, 2.05) is 41.2 Å². The van der Waals surface area contributed by atoms with Gasteiger partial charge in [0.25, 0.3) is 0 Å². The predicted octanol–water partition coefficient (Wildman–Crippen LogP) is 1.21. The van der Waals surface area contributed by atoms with Gasteiger partial charge in [0.1, 0.15) is 18.2 Å². The van der Waals surface area contributed by atoms with Crippen LogP contribution in [-0.2, 0) is 23.1 Å². The Balaban J connectivity index is 1.65. The van der Waals surface area contributed by atoms with Crippen molar-refractivity contribution < 1.29 is 9.53 Å².